The van der Waals surface area contributed by atoms with Gasteiger partial charge in [0.15, 0.2) is 0 Å². The molecule has 0 aliphatic carbocycles. The number of hydrogen-bond donors (Lipinski definition) is 2. The van der Waals surface area contributed by atoms with Crippen LogP contribution < -0.4 is 20.1 Å². The highest BCUT2D eigenvalue weighted by molar-refractivity contribution is 5.88. The summed E-state index contributed by atoms with van der Waals surface area (Å²) in [6, 6.07) is 25.4. The fraction of sp³-hybridized carbons (Fsp3) is 0.294. The Balaban J connectivity index is 1.18. The van der Waals surface area contributed by atoms with E-state index in [0.29, 0.717) is 13.2 Å². The van der Waals surface area contributed by atoms with E-state index < -0.39 is 0 Å². The van der Waals surface area contributed by atoms with Gasteiger partial charge in [-0.3, -0.25) is 0 Å². The van der Waals surface area contributed by atoms with Crippen LogP contribution in [0.15, 0.2) is 98.1 Å². The third-order valence-corrected chi connectivity index (χ3v) is 6.77. The number of unbranched alkanes of at least 4 members (excludes halogenated alkanes) is 3. The van der Waals surface area contributed by atoms with E-state index in [1.807, 2.05) is 0 Å². The molecule has 0 bridgehead atoms. The Kier molecular flexibility index (Phi) is 10.8. The first-order valence-corrected chi connectivity index (χ1v) is 13.7. The van der Waals surface area contributed by atoms with Crippen LogP contribution in [0.2, 0.25) is 0 Å². The smallest absolute Gasteiger partial charge is 0.124 e. The molecule has 38 heavy (non-hydrogen) atoms. The van der Waals surface area contributed by atoms with Gasteiger partial charge in [0.2, 0.25) is 0 Å². The van der Waals surface area contributed by atoms with Crippen LogP contribution in [-0.2, 0) is 13.1 Å². The number of ether oxygens (including phenoxy) is 2. The first-order chi connectivity index (χ1) is 18.8. The largest absolute Gasteiger partial charge is 0.489 e. The zero-order valence-corrected chi connectivity index (χ0v) is 22.4. The predicted molar refractivity (Wildman–Crippen MR) is 161 cm³/mol. The SMILES string of the molecule is C=CCOc1ccc2ccccc2c1CNCCCCCCNCc1c(OCC=C)ccc2ccccc12. The van der Waals surface area contributed by atoms with Crippen molar-refractivity contribution in [3.05, 3.63) is 109 Å². The van der Waals surface area contributed by atoms with Gasteiger partial charge >= 0.3 is 0 Å². The summed E-state index contributed by atoms with van der Waals surface area (Å²) in [7, 11) is 0. The average molecular weight is 509 g/mol. The van der Waals surface area contributed by atoms with Gasteiger partial charge in [0.25, 0.3) is 0 Å². The molecule has 0 fully saturated rings. The van der Waals surface area contributed by atoms with Gasteiger partial charge in [-0.1, -0.05) is 98.8 Å². The molecule has 4 nitrogen and oxygen atoms in total. The van der Waals surface area contributed by atoms with E-state index in [1.54, 1.807) is 12.2 Å². The molecule has 0 spiro atoms. The highest BCUT2D eigenvalue weighted by Crippen LogP contribution is 2.29. The summed E-state index contributed by atoms with van der Waals surface area (Å²) in [4.78, 5) is 0. The quantitative estimate of drug-likeness (QED) is 0.114. The van der Waals surface area contributed by atoms with Crippen LogP contribution in [0.3, 0.4) is 0 Å². The first-order valence-electron chi connectivity index (χ1n) is 13.7. The van der Waals surface area contributed by atoms with Gasteiger partial charge in [-0.05, 0) is 59.6 Å². The van der Waals surface area contributed by atoms with Crippen LogP contribution in [0, 0.1) is 0 Å². The van der Waals surface area contributed by atoms with Crippen LogP contribution >= 0.6 is 0 Å². The normalized spacial score (nSPS) is 11.1. The fourth-order valence-corrected chi connectivity index (χ4v) is 4.84. The topological polar surface area (TPSA) is 42.5 Å². The van der Waals surface area contributed by atoms with Crippen LogP contribution in [-0.4, -0.2) is 26.3 Å². The lowest BCUT2D eigenvalue weighted by molar-refractivity contribution is 0.358. The zero-order chi connectivity index (χ0) is 26.4. The summed E-state index contributed by atoms with van der Waals surface area (Å²) >= 11 is 0. The van der Waals surface area contributed by atoms with Crippen molar-refractivity contribution in [3.63, 3.8) is 0 Å². The van der Waals surface area contributed by atoms with E-state index in [9.17, 15) is 0 Å². The van der Waals surface area contributed by atoms with Crippen LogP contribution in [0.4, 0.5) is 0 Å². The van der Waals surface area contributed by atoms with E-state index in [2.05, 4.69) is 96.6 Å². The Bertz CT molecular complexity index is 1230. The van der Waals surface area contributed by atoms with Gasteiger partial charge in [0.1, 0.15) is 24.7 Å². The minimum absolute atomic E-state index is 0.517. The molecule has 4 aromatic carbocycles. The van der Waals surface area contributed by atoms with Crippen molar-refractivity contribution in [2.45, 2.75) is 38.8 Å². The molecule has 0 atom stereocenters. The molecule has 0 heterocycles. The minimum atomic E-state index is 0.517. The van der Waals surface area contributed by atoms with E-state index in [0.717, 1.165) is 50.5 Å². The van der Waals surface area contributed by atoms with E-state index in [4.69, 9.17) is 9.47 Å². The van der Waals surface area contributed by atoms with Gasteiger partial charge in [0.05, 0.1) is 0 Å². The minimum Gasteiger partial charge on any atom is -0.489 e. The van der Waals surface area contributed by atoms with Crippen molar-refractivity contribution in [1.29, 1.82) is 0 Å². The summed E-state index contributed by atoms with van der Waals surface area (Å²) < 4.78 is 11.9. The molecule has 0 saturated carbocycles. The van der Waals surface area contributed by atoms with Gasteiger partial charge in [-0.2, -0.15) is 0 Å². The van der Waals surface area contributed by atoms with Crippen molar-refractivity contribution >= 4 is 21.5 Å². The maximum Gasteiger partial charge on any atom is 0.124 e. The third kappa shape index (κ3) is 7.47. The summed E-state index contributed by atoms with van der Waals surface area (Å²) in [6.45, 7) is 12.2. The molecule has 2 N–H and O–H groups in total. The van der Waals surface area contributed by atoms with Crippen molar-refractivity contribution in [2.75, 3.05) is 26.3 Å². The van der Waals surface area contributed by atoms with Crippen molar-refractivity contribution in [3.8, 4) is 11.5 Å². The third-order valence-electron chi connectivity index (χ3n) is 6.77. The highest BCUT2D eigenvalue weighted by atomic mass is 16.5. The average Bonchev–Trinajstić information content (AvgIpc) is 2.96. The molecule has 0 aliphatic heterocycles. The molecular weight excluding hydrogens is 468 g/mol. The second-order valence-electron chi connectivity index (χ2n) is 9.49. The first kappa shape index (κ1) is 27.4. The Labute approximate surface area is 227 Å². The lowest BCUT2D eigenvalue weighted by atomic mass is 10.0. The molecule has 0 aromatic heterocycles. The van der Waals surface area contributed by atoms with Gasteiger partial charge < -0.3 is 20.1 Å². The van der Waals surface area contributed by atoms with Gasteiger partial charge in [-0.15, -0.1) is 0 Å². The standard InChI is InChI=1S/C34H40N2O2/c1-3-23-37-33-19-17-27-13-7-9-15-29(27)31(33)25-35-21-11-5-6-12-22-36-26-32-30-16-10-8-14-28(30)18-20-34(32)38-24-4-2/h3-4,7-10,13-20,35-36H,1-2,5-6,11-12,21-26H2. The maximum absolute atomic E-state index is 5.93. The Hall–Kier alpha value is -3.60. The molecule has 0 radical (unpaired) electrons. The maximum atomic E-state index is 5.93. The van der Waals surface area contributed by atoms with Crippen molar-refractivity contribution in [2.24, 2.45) is 0 Å². The van der Waals surface area contributed by atoms with E-state index >= 15 is 0 Å². The second-order valence-corrected chi connectivity index (χ2v) is 9.49. The number of hydrogen-bond acceptors (Lipinski definition) is 4. The zero-order valence-electron chi connectivity index (χ0n) is 22.4. The summed E-state index contributed by atoms with van der Waals surface area (Å²) in [5.41, 5.74) is 2.44. The monoisotopic (exact) mass is 508 g/mol. The van der Waals surface area contributed by atoms with Crippen molar-refractivity contribution in [1.82, 2.24) is 10.6 Å². The number of nitrogens with one attached hydrogen (secondary N) is 2. The van der Waals surface area contributed by atoms with E-state index in [-0.39, 0.29) is 0 Å². The molecule has 4 rings (SSSR count). The Morgan fingerprint density at radius 3 is 1.45 bits per heavy atom. The molecule has 4 aromatic rings. The molecule has 0 aliphatic rings. The summed E-state index contributed by atoms with van der Waals surface area (Å²) in [6.07, 6.45) is 8.34. The summed E-state index contributed by atoms with van der Waals surface area (Å²) in [5.74, 6) is 1.87. The number of benzene rings is 4. The van der Waals surface area contributed by atoms with Crippen LogP contribution in [0.5, 0.6) is 11.5 Å². The fourth-order valence-electron chi connectivity index (χ4n) is 4.84. The van der Waals surface area contributed by atoms with Gasteiger partial charge in [0, 0.05) is 24.2 Å². The predicted octanol–water partition coefficient (Wildman–Crippen LogP) is 7.56. The Morgan fingerprint density at radius 2 is 1.00 bits per heavy atom. The molecule has 0 amide bonds. The lowest BCUT2D eigenvalue weighted by Crippen LogP contribution is -2.17. The molecule has 0 saturated heterocycles. The van der Waals surface area contributed by atoms with Crippen LogP contribution in [0.25, 0.3) is 21.5 Å². The number of fused-ring (bicyclic) bond motifs is 2. The Morgan fingerprint density at radius 1 is 0.553 bits per heavy atom. The lowest BCUT2D eigenvalue weighted by Gasteiger charge is -2.15. The highest BCUT2D eigenvalue weighted by Gasteiger charge is 2.10. The van der Waals surface area contributed by atoms with E-state index in [1.165, 1.54) is 45.5 Å². The molecule has 4 heteroatoms. The summed E-state index contributed by atoms with van der Waals surface area (Å²) in [5, 5.41) is 12.2. The number of rotatable bonds is 17. The molecule has 198 valence electrons. The molecular formula is C34H40N2O2. The van der Waals surface area contributed by atoms with Gasteiger partial charge in [-0.25, -0.2) is 0 Å². The second kappa shape index (κ2) is 15.0. The van der Waals surface area contributed by atoms with Crippen molar-refractivity contribution < 1.29 is 9.47 Å². The van der Waals surface area contributed by atoms with Crippen LogP contribution in [0.1, 0.15) is 36.8 Å². The molecule has 0 unspecified atom stereocenters.